The Kier molecular flexibility index (Phi) is 10.6. The van der Waals surface area contributed by atoms with Crippen LogP contribution in [0.3, 0.4) is 0 Å². The summed E-state index contributed by atoms with van der Waals surface area (Å²) in [5.74, 6) is 0.659. The third kappa shape index (κ3) is 8.72. The number of nitrogens with zero attached hydrogens (tertiary/aromatic N) is 2. The molecule has 0 unspecified atom stereocenters. The van der Waals surface area contributed by atoms with Crippen LogP contribution in [0.15, 0.2) is 17.3 Å². The van der Waals surface area contributed by atoms with Gasteiger partial charge in [-0.1, -0.05) is 13.8 Å². The first-order valence-electron chi connectivity index (χ1n) is 8.67. The van der Waals surface area contributed by atoms with Crippen LogP contribution in [0.5, 0.6) is 0 Å². The van der Waals surface area contributed by atoms with Crippen molar-refractivity contribution < 1.29 is 9.53 Å². The minimum Gasteiger partial charge on any atom is -0.444 e. The molecule has 0 saturated heterocycles. The lowest BCUT2D eigenvalue weighted by atomic mass is 9.93. The first-order valence-corrected chi connectivity index (χ1v) is 8.67. The number of aliphatic imine (C=N–C) groups is 1. The molecule has 1 amide bonds. The average molecular weight is 480 g/mol. The zero-order chi connectivity index (χ0) is 18.9. The van der Waals surface area contributed by atoms with Crippen molar-refractivity contribution in [1.29, 1.82) is 0 Å². The van der Waals surface area contributed by atoms with E-state index >= 15 is 0 Å². The van der Waals surface area contributed by atoms with Gasteiger partial charge in [-0.3, -0.25) is 10.1 Å². The first kappa shape index (κ1) is 24.5. The van der Waals surface area contributed by atoms with E-state index in [0.29, 0.717) is 19.0 Å². The first-order chi connectivity index (χ1) is 11.7. The van der Waals surface area contributed by atoms with Crippen LogP contribution in [0.4, 0.5) is 4.79 Å². The standard InChI is InChI=1S/C17H32N6O2.HI/c1-7-17(8-2,22-15(24)25-16(3,4)5)12-20-14(18-6)19-11-13-9-10-21-23-13;/h9-10H,7-8,11-12H2,1-6H3,(H,21,23)(H,22,24)(H2,18,19,20);1H. The smallest absolute Gasteiger partial charge is 0.408 e. The van der Waals surface area contributed by atoms with Gasteiger partial charge in [-0.25, -0.2) is 4.79 Å². The van der Waals surface area contributed by atoms with Gasteiger partial charge in [0, 0.05) is 19.8 Å². The minimum atomic E-state index is -0.521. The third-order valence-corrected chi connectivity index (χ3v) is 3.94. The lowest BCUT2D eigenvalue weighted by Gasteiger charge is -2.34. The summed E-state index contributed by atoms with van der Waals surface area (Å²) in [6.45, 7) is 10.8. The van der Waals surface area contributed by atoms with Gasteiger partial charge in [0.05, 0.1) is 17.8 Å². The molecule has 9 heteroatoms. The Bertz CT molecular complexity index is 550. The van der Waals surface area contributed by atoms with E-state index in [1.54, 1.807) is 13.2 Å². The van der Waals surface area contributed by atoms with Gasteiger partial charge in [0.25, 0.3) is 0 Å². The summed E-state index contributed by atoms with van der Waals surface area (Å²) in [4.78, 5) is 16.4. The van der Waals surface area contributed by atoms with Crippen LogP contribution < -0.4 is 16.0 Å². The predicted molar refractivity (Wildman–Crippen MR) is 115 cm³/mol. The summed E-state index contributed by atoms with van der Waals surface area (Å²) in [5.41, 5.74) is 0.0347. The number of carbonyl (C=O) groups excluding carboxylic acids is 1. The molecule has 150 valence electrons. The maximum Gasteiger partial charge on any atom is 0.408 e. The van der Waals surface area contributed by atoms with Gasteiger partial charge < -0.3 is 20.7 Å². The molecule has 1 heterocycles. The Morgan fingerprint density at radius 3 is 2.38 bits per heavy atom. The minimum absolute atomic E-state index is 0. The topological polar surface area (TPSA) is 103 Å². The van der Waals surface area contributed by atoms with Crippen LogP contribution in [0.25, 0.3) is 0 Å². The van der Waals surface area contributed by atoms with Gasteiger partial charge in [-0.2, -0.15) is 5.10 Å². The fourth-order valence-electron chi connectivity index (χ4n) is 2.28. The van der Waals surface area contributed by atoms with E-state index in [1.165, 1.54) is 0 Å². The van der Waals surface area contributed by atoms with Gasteiger partial charge in [0.15, 0.2) is 5.96 Å². The van der Waals surface area contributed by atoms with Crippen LogP contribution in [-0.2, 0) is 11.3 Å². The Morgan fingerprint density at radius 1 is 1.27 bits per heavy atom. The number of halogens is 1. The molecule has 0 radical (unpaired) electrons. The highest BCUT2D eigenvalue weighted by Gasteiger charge is 2.30. The number of aromatic nitrogens is 2. The van der Waals surface area contributed by atoms with E-state index in [1.807, 2.05) is 40.7 Å². The number of ether oxygens (including phenoxy) is 1. The maximum atomic E-state index is 12.2. The molecule has 0 aliphatic heterocycles. The monoisotopic (exact) mass is 480 g/mol. The summed E-state index contributed by atoms with van der Waals surface area (Å²) in [5, 5.41) is 16.3. The highest BCUT2D eigenvalue weighted by molar-refractivity contribution is 14.0. The number of carbonyl (C=O) groups is 1. The number of guanidine groups is 1. The number of aromatic amines is 1. The normalized spacial score (nSPS) is 12.2. The van der Waals surface area contributed by atoms with E-state index in [9.17, 15) is 4.79 Å². The molecule has 1 rings (SSSR count). The molecule has 1 aromatic rings. The van der Waals surface area contributed by atoms with Gasteiger partial charge in [0.2, 0.25) is 0 Å². The lowest BCUT2D eigenvalue weighted by Crippen LogP contribution is -2.57. The van der Waals surface area contributed by atoms with Crippen LogP contribution in [0, 0.1) is 0 Å². The van der Waals surface area contributed by atoms with E-state index in [0.717, 1.165) is 18.5 Å². The van der Waals surface area contributed by atoms with Crippen molar-refractivity contribution in [3.8, 4) is 0 Å². The highest BCUT2D eigenvalue weighted by atomic mass is 127. The van der Waals surface area contributed by atoms with E-state index < -0.39 is 17.2 Å². The van der Waals surface area contributed by atoms with Gasteiger partial charge >= 0.3 is 6.09 Å². The third-order valence-electron chi connectivity index (χ3n) is 3.94. The molecule has 0 aliphatic rings. The Balaban J connectivity index is 0.00000625. The number of hydrogen-bond acceptors (Lipinski definition) is 4. The molecule has 0 aliphatic carbocycles. The highest BCUT2D eigenvalue weighted by Crippen LogP contribution is 2.16. The number of nitrogens with one attached hydrogen (secondary N) is 4. The molecule has 0 aromatic carbocycles. The molecule has 0 saturated carbocycles. The molecular weight excluding hydrogens is 447 g/mol. The van der Waals surface area contributed by atoms with Crippen molar-refractivity contribution in [3.05, 3.63) is 18.0 Å². The van der Waals surface area contributed by atoms with Crippen LogP contribution >= 0.6 is 24.0 Å². The summed E-state index contributed by atoms with van der Waals surface area (Å²) in [6, 6.07) is 1.90. The number of hydrogen-bond donors (Lipinski definition) is 4. The van der Waals surface area contributed by atoms with Crippen molar-refractivity contribution in [2.24, 2.45) is 4.99 Å². The number of alkyl carbamates (subject to hydrolysis) is 1. The molecule has 0 atom stereocenters. The molecule has 8 nitrogen and oxygen atoms in total. The lowest BCUT2D eigenvalue weighted by molar-refractivity contribution is 0.0448. The van der Waals surface area contributed by atoms with Crippen LogP contribution in [0.2, 0.25) is 0 Å². The predicted octanol–water partition coefficient (Wildman–Crippen LogP) is 2.78. The van der Waals surface area contributed by atoms with Crippen molar-refractivity contribution in [2.75, 3.05) is 13.6 Å². The molecule has 0 bridgehead atoms. The van der Waals surface area contributed by atoms with Gasteiger partial charge in [-0.05, 0) is 39.7 Å². The molecule has 4 N–H and O–H groups in total. The Hall–Kier alpha value is -1.52. The van der Waals surface area contributed by atoms with Gasteiger partial charge in [0.1, 0.15) is 5.60 Å². The van der Waals surface area contributed by atoms with Crippen molar-refractivity contribution >= 4 is 36.0 Å². The summed E-state index contributed by atoms with van der Waals surface area (Å²) in [7, 11) is 1.71. The largest absolute Gasteiger partial charge is 0.444 e. The maximum absolute atomic E-state index is 12.2. The Labute approximate surface area is 173 Å². The van der Waals surface area contributed by atoms with Crippen LogP contribution in [0.1, 0.15) is 53.2 Å². The quantitative estimate of drug-likeness (QED) is 0.273. The zero-order valence-electron chi connectivity index (χ0n) is 16.6. The van der Waals surface area contributed by atoms with Crippen molar-refractivity contribution in [3.63, 3.8) is 0 Å². The van der Waals surface area contributed by atoms with Crippen molar-refractivity contribution in [1.82, 2.24) is 26.1 Å². The van der Waals surface area contributed by atoms with E-state index in [2.05, 4.69) is 31.1 Å². The molecular formula is C17H33IN6O2. The Morgan fingerprint density at radius 2 is 1.92 bits per heavy atom. The van der Waals surface area contributed by atoms with E-state index in [-0.39, 0.29) is 24.0 Å². The molecule has 1 aromatic heterocycles. The average Bonchev–Trinajstić information content (AvgIpc) is 3.05. The SMILES string of the molecule is CCC(CC)(CNC(=NC)NCc1ccn[nH]1)NC(=O)OC(C)(C)C.I. The number of H-pyrrole nitrogens is 1. The molecule has 26 heavy (non-hydrogen) atoms. The fraction of sp³-hybridized carbons (Fsp3) is 0.706. The summed E-state index contributed by atoms with van der Waals surface area (Å²) >= 11 is 0. The zero-order valence-corrected chi connectivity index (χ0v) is 18.9. The number of rotatable bonds is 7. The molecule has 0 fully saturated rings. The second-order valence-corrected chi connectivity index (χ2v) is 6.98. The number of amides is 1. The molecule has 0 spiro atoms. The van der Waals surface area contributed by atoms with Crippen molar-refractivity contribution in [2.45, 2.75) is 65.1 Å². The summed E-state index contributed by atoms with van der Waals surface area (Å²) < 4.78 is 5.39. The second-order valence-electron chi connectivity index (χ2n) is 6.98. The fourth-order valence-corrected chi connectivity index (χ4v) is 2.28. The summed E-state index contributed by atoms with van der Waals surface area (Å²) in [6.07, 6.45) is 2.84. The van der Waals surface area contributed by atoms with E-state index in [4.69, 9.17) is 4.74 Å². The second kappa shape index (κ2) is 11.2. The van der Waals surface area contributed by atoms with Gasteiger partial charge in [-0.15, -0.1) is 24.0 Å². The van der Waals surface area contributed by atoms with Crippen LogP contribution in [-0.4, -0.2) is 47.0 Å².